The van der Waals surface area contributed by atoms with Crippen LogP contribution in [0.25, 0.3) is 72.1 Å². The average molecular weight is 909 g/mol. The number of benzene rings is 9. The number of nitrogens with zero attached hydrogens (tertiary/aromatic N) is 4. The van der Waals surface area contributed by atoms with Crippen LogP contribution in [0.4, 0.5) is 27.1 Å². The quantitative estimate of drug-likeness (QED) is 0.144. The van der Waals surface area contributed by atoms with Gasteiger partial charge in [-0.25, -0.2) is 9.37 Å². The number of aromatic nitrogens is 2. The Morgan fingerprint density at radius 1 is 0.443 bits per heavy atom. The molecule has 0 aliphatic carbocycles. The van der Waals surface area contributed by atoms with E-state index in [2.05, 4.69) is 229 Å². The molecule has 1 aliphatic rings. The van der Waals surface area contributed by atoms with Crippen molar-refractivity contribution in [3.05, 3.63) is 242 Å². The van der Waals surface area contributed by atoms with Crippen LogP contribution in [-0.2, 0) is 5.41 Å². The summed E-state index contributed by atoms with van der Waals surface area (Å²) in [6, 6.07) is 77.5. The molecule has 0 spiro atoms. The van der Waals surface area contributed by atoms with Crippen LogP contribution in [0.3, 0.4) is 0 Å². The van der Waals surface area contributed by atoms with Gasteiger partial charge in [-0.1, -0.05) is 142 Å². The number of halogens is 1. The predicted molar refractivity (Wildman–Crippen MR) is 288 cm³/mol. The van der Waals surface area contributed by atoms with Crippen molar-refractivity contribution in [1.29, 1.82) is 0 Å². The van der Waals surface area contributed by atoms with Crippen LogP contribution in [0.1, 0.15) is 26.3 Å². The van der Waals surface area contributed by atoms with Gasteiger partial charge in [-0.2, -0.15) is 0 Å². The Hall–Kier alpha value is -8.74. The Kier molecular flexibility index (Phi) is 10.6. The molecule has 70 heavy (non-hydrogen) atoms. The van der Waals surface area contributed by atoms with Crippen molar-refractivity contribution in [1.82, 2.24) is 9.55 Å². The van der Waals surface area contributed by atoms with Crippen molar-refractivity contribution < 1.29 is 9.13 Å². The zero-order chi connectivity index (χ0) is 47.3. The lowest BCUT2D eigenvalue weighted by Crippen LogP contribution is -2.24. The van der Waals surface area contributed by atoms with E-state index in [-0.39, 0.29) is 11.2 Å². The van der Waals surface area contributed by atoms with Crippen LogP contribution >= 0.6 is 0 Å². The largest absolute Gasteiger partial charge is 0.457 e. The first-order valence-electron chi connectivity index (χ1n) is 23.8. The molecule has 9 aromatic carbocycles. The zero-order valence-electron chi connectivity index (χ0n) is 39.2. The highest BCUT2D eigenvalue weighted by Crippen LogP contribution is 2.49. The summed E-state index contributed by atoms with van der Waals surface area (Å²) in [5.41, 5.74) is 16.0. The van der Waals surface area contributed by atoms with Gasteiger partial charge in [0.05, 0.1) is 28.1 Å². The van der Waals surface area contributed by atoms with Crippen molar-refractivity contribution in [2.75, 3.05) is 16.5 Å². The van der Waals surface area contributed by atoms with Gasteiger partial charge in [-0.05, 0) is 141 Å². The van der Waals surface area contributed by atoms with Crippen LogP contribution < -0.4 is 14.5 Å². The van der Waals surface area contributed by atoms with Crippen molar-refractivity contribution in [3.63, 3.8) is 0 Å². The first-order valence-corrected chi connectivity index (χ1v) is 23.8. The normalized spacial score (nSPS) is 12.5. The smallest absolute Gasteiger partial charge is 0.137 e. The number of rotatable bonds is 9. The number of ether oxygens (including phenoxy) is 1. The number of fused-ring (bicyclic) bond motifs is 4. The lowest BCUT2D eigenvalue weighted by atomic mass is 9.88. The van der Waals surface area contributed by atoms with Crippen molar-refractivity contribution in [2.24, 2.45) is 0 Å². The van der Waals surface area contributed by atoms with E-state index in [0.717, 1.165) is 94.9 Å². The molecule has 0 amide bonds. The topological polar surface area (TPSA) is 33.5 Å². The number of pyridine rings is 1. The number of hydrogen-bond acceptors (Lipinski definition) is 4. The summed E-state index contributed by atoms with van der Waals surface area (Å²) in [5.74, 6) is 2.03. The maximum Gasteiger partial charge on any atom is 0.137 e. The summed E-state index contributed by atoms with van der Waals surface area (Å²) >= 11 is 0. The van der Waals surface area contributed by atoms with Gasteiger partial charge in [0, 0.05) is 40.4 Å². The fourth-order valence-corrected chi connectivity index (χ4v) is 9.98. The fourth-order valence-electron chi connectivity index (χ4n) is 9.98. The highest BCUT2D eigenvalue weighted by atomic mass is 19.1. The van der Waals surface area contributed by atoms with Gasteiger partial charge in [0.25, 0.3) is 0 Å². The molecule has 0 N–H and O–H groups in total. The second-order valence-electron chi connectivity index (χ2n) is 19.0. The molecule has 1 aliphatic heterocycles. The van der Waals surface area contributed by atoms with E-state index in [1.165, 1.54) is 17.7 Å². The highest BCUT2D eigenvalue weighted by Gasteiger charge is 2.30. The van der Waals surface area contributed by atoms with Crippen molar-refractivity contribution in [3.8, 4) is 61.8 Å². The lowest BCUT2D eigenvalue weighted by molar-refractivity contribution is 0.483. The molecule has 0 saturated heterocycles. The zero-order valence-corrected chi connectivity index (χ0v) is 39.2. The van der Waals surface area contributed by atoms with E-state index < -0.39 is 0 Å². The Morgan fingerprint density at radius 3 is 1.73 bits per heavy atom. The van der Waals surface area contributed by atoms with Gasteiger partial charge in [-0.3, -0.25) is 4.57 Å². The number of anilines is 4. The average Bonchev–Trinajstić information content (AvgIpc) is 3.95. The molecule has 0 bridgehead atoms. The Labute approximate surface area is 408 Å². The molecule has 0 atom stereocenters. The van der Waals surface area contributed by atoms with Gasteiger partial charge >= 0.3 is 0 Å². The summed E-state index contributed by atoms with van der Waals surface area (Å²) in [5, 5.41) is 2.28. The summed E-state index contributed by atoms with van der Waals surface area (Å²) in [7, 11) is 0. The summed E-state index contributed by atoms with van der Waals surface area (Å²) < 4.78 is 23.6. The second kappa shape index (κ2) is 17.4. The molecule has 0 saturated carbocycles. The fraction of sp³-hybridized carbons (Fsp3) is 0.0781. The molecule has 338 valence electrons. The van der Waals surface area contributed by atoms with Gasteiger partial charge in [0.15, 0.2) is 0 Å². The number of hydrogen-bond donors (Lipinski definition) is 0. The molecule has 0 unspecified atom stereocenters. The van der Waals surface area contributed by atoms with Crippen LogP contribution in [0.2, 0.25) is 0 Å². The van der Waals surface area contributed by atoms with Crippen LogP contribution in [0.5, 0.6) is 11.5 Å². The minimum atomic E-state index is -0.257. The molecule has 5 nitrogen and oxygen atoms in total. The predicted octanol–water partition coefficient (Wildman–Crippen LogP) is 17.3. The molecule has 2 aromatic heterocycles. The summed E-state index contributed by atoms with van der Waals surface area (Å²) in [6.45, 7) is 7.24. The molecule has 11 aromatic rings. The molecule has 12 rings (SSSR count). The standard InChI is InChI=1S/C64H49FN4O/c1-64(2,3)50-32-33-66-63(39-50)69-59-23-13-11-21-56(59)57-31-30-53(41-62(57)69)70-54-38-49(48-35-46(43-16-6-4-7-17-43)34-47(36-48)44-18-8-5-9-19-44)37-52(40-54)67-42-68(61-25-15-14-24-60(61)67)58-22-12-10-20-55(58)45-26-28-51(65)29-27-45/h4-41H,42H2,1-3H3. The van der Waals surface area contributed by atoms with Crippen molar-refractivity contribution >= 4 is 44.6 Å². The summed E-state index contributed by atoms with van der Waals surface area (Å²) in [4.78, 5) is 9.65. The maximum atomic E-state index is 14.2. The summed E-state index contributed by atoms with van der Waals surface area (Å²) in [6.07, 6.45) is 1.92. The van der Waals surface area contributed by atoms with E-state index in [0.29, 0.717) is 18.2 Å². The molecule has 3 heterocycles. The van der Waals surface area contributed by atoms with E-state index in [4.69, 9.17) is 9.72 Å². The third kappa shape index (κ3) is 7.93. The second-order valence-corrected chi connectivity index (χ2v) is 19.0. The van der Waals surface area contributed by atoms with E-state index in [1.807, 2.05) is 24.4 Å². The van der Waals surface area contributed by atoms with Gasteiger partial charge in [0.2, 0.25) is 0 Å². The van der Waals surface area contributed by atoms with E-state index >= 15 is 0 Å². The van der Waals surface area contributed by atoms with Crippen molar-refractivity contribution in [2.45, 2.75) is 26.2 Å². The molecular weight excluding hydrogens is 860 g/mol. The third-order valence-corrected chi connectivity index (χ3v) is 13.5. The SMILES string of the molecule is CC(C)(C)c1ccnc(-n2c3ccccc3c3ccc(Oc4cc(-c5cc(-c6ccccc6)cc(-c6ccccc6)c5)cc(N5CN(c6ccccc6-c6ccc(F)cc6)c6ccccc65)c4)cc32)c1. The van der Waals surface area contributed by atoms with Gasteiger partial charge < -0.3 is 14.5 Å². The molecule has 6 heteroatoms. The van der Waals surface area contributed by atoms with Crippen LogP contribution in [0.15, 0.2) is 231 Å². The van der Waals surface area contributed by atoms with E-state index in [1.54, 1.807) is 0 Å². The Bertz CT molecular complexity index is 3670. The van der Waals surface area contributed by atoms with Crippen LogP contribution in [0, 0.1) is 5.82 Å². The van der Waals surface area contributed by atoms with Crippen LogP contribution in [-0.4, -0.2) is 16.2 Å². The first-order chi connectivity index (χ1) is 34.2. The highest BCUT2D eigenvalue weighted by molar-refractivity contribution is 6.09. The maximum absolute atomic E-state index is 14.2. The monoisotopic (exact) mass is 908 g/mol. The molecule has 0 radical (unpaired) electrons. The minimum absolute atomic E-state index is 0.0468. The number of para-hydroxylation sites is 4. The minimum Gasteiger partial charge on any atom is -0.457 e. The van der Waals surface area contributed by atoms with Gasteiger partial charge in [0.1, 0.15) is 29.8 Å². The molecule has 0 fully saturated rings. The molecular formula is C64H49FN4O. The van der Waals surface area contributed by atoms with Gasteiger partial charge in [-0.15, -0.1) is 0 Å². The Morgan fingerprint density at radius 2 is 1.03 bits per heavy atom. The Balaban J connectivity index is 1.02. The third-order valence-electron chi connectivity index (χ3n) is 13.5. The van der Waals surface area contributed by atoms with E-state index in [9.17, 15) is 4.39 Å². The first kappa shape index (κ1) is 42.6. The lowest BCUT2D eigenvalue weighted by Gasteiger charge is -2.25.